The molecule has 0 aliphatic heterocycles. The van der Waals surface area contributed by atoms with Crippen LogP contribution in [0.25, 0.3) is 11.0 Å². The summed E-state index contributed by atoms with van der Waals surface area (Å²) in [5.74, 6) is 2.59. The predicted octanol–water partition coefficient (Wildman–Crippen LogP) is 4.28. The van der Waals surface area contributed by atoms with E-state index in [0.29, 0.717) is 13.2 Å². The lowest BCUT2D eigenvalue weighted by Crippen LogP contribution is -2.17. The molecule has 0 saturated carbocycles. The molecule has 0 saturated heterocycles. The maximum absolute atomic E-state index is 5.97. The molecule has 0 bridgehead atoms. The Hall–Kier alpha value is -2.20. The first-order valence-electron chi connectivity index (χ1n) is 7.19. The fourth-order valence-corrected chi connectivity index (χ4v) is 2.31. The first kappa shape index (κ1) is 13.8. The van der Waals surface area contributed by atoms with E-state index in [1.54, 1.807) is 6.26 Å². The fourth-order valence-electron chi connectivity index (χ4n) is 2.31. The molecule has 1 atom stereocenters. The molecule has 0 spiro atoms. The minimum atomic E-state index is 0.0944. The summed E-state index contributed by atoms with van der Waals surface area (Å²) in [6, 6.07) is 11.9. The second-order valence-corrected chi connectivity index (χ2v) is 4.94. The van der Waals surface area contributed by atoms with E-state index in [4.69, 9.17) is 13.6 Å². The van der Waals surface area contributed by atoms with Gasteiger partial charge in [0.05, 0.1) is 25.5 Å². The zero-order chi connectivity index (χ0) is 14.7. The Morgan fingerprint density at radius 2 is 2.14 bits per heavy atom. The number of furan rings is 2. The molecular formula is C17H19NO3. The van der Waals surface area contributed by atoms with Crippen LogP contribution in [0.2, 0.25) is 0 Å². The second kappa shape index (κ2) is 6.06. The monoisotopic (exact) mass is 285 g/mol. The third-order valence-electron chi connectivity index (χ3n) is 3.42. The third kappa shape index (κ3) is 2.95. The van der Waals surface area contributed by atoms with Crippen molar-refractivity contribution in [2.24, 2.45) is 0 Å². The Kier molecular flexibility index (Phi) is 3.97. The van der Waals surface area contributed by atoms with Gasteiger partial charge < -0.3 is 18.9 Å². The maximum Gasteiger partial charge on any atom is 0.176 e. The topological polar surface area (TPSA) is 47.5 Å². The fraction of sp³-hybridized carbons (Fsp3) is 0.294. The van der Waals surface area contributed by atoms with E-state index in [-0.39, 0.29) is 6.04 Å². The molecular weight excluding hydrogens is 266 g/mol. The van der Waals surface area contributed by atoms with Gasteiger partial charge in [-0.1, -0.05) is 12.1 Å². The van der Waals surface area contributed by atoms with Crippen LogP contribution in [-0.4, -0.2) is 6.61 Å². The van der Waals surface area contributed by atoms with Gasteiger partial charge in [-0.2, -0.15) is 0 Å². The summed E-state index contributed by atoms with van der Waals surface area (Å²) < 4.78 is 16.9. The van der Waals surface area contributed by atoms with Crippen LogP contribution in [0.5, 0.6) is 5.75 Å². The quantitative estimate of drug-likeness (QED) is 0.734. The first-order chi connectivity index (χ1) is 10.3. The molecule has 4 heteroatoms. The molecule has 1 unspecified atom stereocenters. The number of nitrogens with one attached hydrogen (secondary N) is 1. The molecule has 2 aromatic heterocycles. The van der Waals surface area contributed by atoms with Gasteiger partial charge in [-0.3, -0.25) is 0 Å². The van der Waals surface area contributed by atoms with Crippen LogP contribution in [0.3, 0.4) is 0 Å². The van der Waals surface area contributed by atoms with Crippen LogP contribution in [0.1, 0.15) is 31.4 Å². The van der Waals surface area contributed by atoms with Crippen LogP contribution < -0.4 is 10.1 Å². The van der Waals surface area contributed by atoms with E-state index in [2.05, 4.69) is 18.3 Å². The Bertz CT molecular complexity index is 700. The molecule has 3 rings (SSSR count). The van der Waals surface area contributed by atoms with Crippen molar-refractivity contribution in [3.05, 3.63) is 54.2 Å². The number of benzene rings is 1. The van der Waals surface area contributed by atoms with E-state index in [1.807, 2.05) is 37.3 Å². The van der Waals surface area contributed by atoms with Gasteiger partial charge in [0.2, 0.25) is 0 Å². The smallest absolute Gasteiger partial charge is 0.176 e. The summed E-state index contributed by atoms with van der Waals surface area (Å²) in [6.07, 6.45) is 1.68. The van der Waals surface area contributed by atoms with Crippen LogP contribution in [0.4, 0.5) is 0 Å². The van der Waals surface area contributed by atoms with Gasteiger partial charge in [-0.15, -0.1) is 0 Å². The van der Waals surface area contributed by atoms with E-state index in [9.17, 15) is 0 Å². The number of para-hydroxylation sites is 1. The van der Waals surface area contributed by atoms with Crippen molar-refractivity contribution in [1.82, 2.24) is 5.32 Å². The van der Waals surface area contributed by atoms with Gasteiger partial charge in [0, 0.05) is 5.39 Å². The summed E-state index contributed by atoms with van der Waals surface area (Å²) in [4.78, 5) is 0. The average Bonchev–Trinajstić information content (AvgIpc) is 3.14. The number of rotatable bonds is 6. The summed E-state index contributed by atoms with van der Waals surface area (Å²) in [6.45, 7) is 5.34. The van der Waals surface area contributed by atoms with E-state index < -0.39 is 0 Å². The Labute approximate surface area is 123 Å². The van der Waals surface area contributed by atoms with Crippen molar-refractivity contribution in [1.29, 1.82) is 0 Å². The van der Waals surface area contributed by atoms with E-state index in [1.165, 1.54) is 0 Å². The largest absolute Gasteiger partial charge is 0.490 e. The van der Waals surface area contributed by atoms with Gasteiger partial charge in [0.25, 0.3) is 0 Å². The van der Waals surface area contributed by atoms with Crippen molar-refractivity contribution in [3.63, 3.8) is 0 Å². The molecule has 2 heterocycles. The summed E-state index contributed by atoms with van der Waals surface area (Å²) in [7, 11) is 0. The highest BCUT2D eigenvalue weighted by molar-refractivity contribution is 5.83. The summed E-state index contributed by atoms with van der Waals surface area (Å²) >= 11 is 0. The molecule has 0 aliphatic carbocycles. The van der Waals surface area contributed by atoms with E-state index in [0.717, 1.165) is 28.2 Å². The van der Waals surface area contributed by atoms with Gasteiger partial charge in [-0.05, 0) is 38.1 Å². The van der Waals surface area contributed by atoms with Crippen LogP contribution >= 0.6 is 0 Å². The number of hydrogen-bond acceptors (Lipinski definition) is 4. The van der Waals surface area contributed by atoms with Crippen molar-refractivity contribution in [3.8, 4) is 5.75 Å². The van der Waals surface area contributed by atoms with Crippen LogP contribution in [0.15, 0.2) is 51.5 Å². The van der Waals surface area contributed by atoms with Crippen LogP contribution in [0, 0.1) is 0 Å². The molecule has 1 N–H and O–H groups in total. The van der Waals surface area contributed by atoms with Crippen molar-refractivity contribution >= 4 is 11.0 Å². The van der Waals surface area contributed by atoms with Crippen molar-refractivity contribution < 1.29 is 13.6 Å². The van der Waals surface area contributed by atoms with Crippen LogP contribution in [-0.2, 0) is 6.54 Å². The highest BCUT2D eigenvalue weighted by Gasteiger charge is 2.14. The first-order valence-corrected chi connectivity index (χ1v) is 7.19. The minimum Gasteiger partial charge on any atom is -0.490 e. The number of hydrogen-bond donors (Lipinski definition) is 1. The predicted molar refractivity (Wildman–Crippen MR) is 81.3 cm³/mol. The lowest BCUT2D eigenvalue weighted by molar-refractivity contribution is 0.335. The average molecular weight is 285 g/mol. The molecule has 1 aromatic carbocycles. The maximum atomic E-state index is 5.97. The zero-order valence-electron chi connectivity index (χ0n) is 12.3. The molecule has 0 radical (unpaired) electrons. The molecule has 3 aromatic rings. The molecule has 0 amide bonds. The zero-order valence-corrected chi connectivity index (χ0v) is 12.3. The Balaban J connectivity index is 1.78. The molecule has 4 nitrogen and oxygen atoms in total. The molecule has 110 valence electrons. The standard InChI is InChI=1S/C17H19NO3/c1-3-19-15-8-4-6-13-10-16(21-17(13)15)12(2)18-11-14-7-5-9-20-14/h4-10,12,18H,3,11H2,1-2H3. The molecule has 0 aliphatic rings. The van der Waals surface area contributed by atoms with Gasteiger partial charge in [0.15, 0.2) is 11.3 Å². The van der Waals surface area contributed by atoms with Gasteiger partial charge in [-0.25, -0.2) is 0 Å². The lowest BCUT2D eigenvalue weighted by Gasteiger charge is -2.09. The second-order valence-electron chi connectivity index (χ2n) is 4.94. The van der Waals surface area contributed by atoms with E-state index >= 15 is 0 Å². The van der Waals surface area contributed by atoms with Gasteiger partial charge >= 0.3 is 0 Å². The van der Waals surface area contributed by atoms with Crippen molar-refractivity contribution in [2.45, 2.75) is 26.4 Å². The van der Waals surface area contributed by atoms with Gasteiger partial charge in [0.1, 0.15) is 11.5 Å². The number of ether oxygens (including phenoxy) is 1. The summed E-state index contributed by atoms with van der Waals surface area (Å²) in [5, 5.41) is 4.44. The SMILES string of the molecule is CCOc1cccc2cc(C(C)NCc3ccco3)oc12. The number of fused-ring (bicyclic) bond motifs is 1. The molecule has 0 fully saturated rings. The third-order valence-corrected chi connectivity index (χ3v) is 3.42. The normalized spacial score (nSPS) is 12.7. The highest BCUT2D eigenvalue weighted by atomic mass is 16.5. The Morgan fingerprint density at radius 3 is 2.90 bits per heavy atom. The highest BCUT2D eigenvalue weighted by Crippen LogP contribution is 2.31. The Morgan fingerprint density at radius 1 is 1.24 bits per heavy atom. The van der Waals surface area contributed by atoms with Crippen molar-refractivity contribution in [2.75, 3.05) is 6.61 Å². The lowest BCUT2D eigenvalue weighted by atomic mass is 10.2. The minimum absolute atomic E-state index is 0.0944. The molecule has 21 heavy (non-hydrogen) atoms. The summed E-state index contributed by atoms with van der Waals surface area (Å²) in [5.41, 5.74) is 0.806.